The van der Waals surface area contributed by atoms with Gasteiger partial charge in [-0.25, -0.2) is 0 Å². The van der Waals surface area contributed by atoms with E-state index in [2.05, 4.69) is 0 Å². The van der Waals surface area contributed by atoms with Gasteiger partial charge in [0, 0.05) is 13.2 Å². The molecule has 0 saturated carbocycles. The van der Waals surface area contributed by atoms with Gasteiger partial charge in [-0.15, -0.1) is 0 Å². The van der Waals surface area contributed by atoms with E-state index in [0.717, 1.165) is 13.2 Å². The maximum atomic E-state index is 4.94. The Bertz CT molecular complexity index is 25.6. The van der Waals surface area contributed by atoms with Gasteiger partial charge in [-0.2, -0.15) is 0 Å². The van der Waals surface area contributed by atoms with Crippen LogP contribution in [-0.4, -0.2) is 67.8 Å². The van der Waals surface area contributed by atoms with Crippen LogP contribution in [0.25, 0.3) is 0 Å². The summed E-state index contributed by atoms with van der Waals surface area (Å²) >= 11 is 0. The Kier molecular flexibility index (Phi) is 22.6. The Morgan fingerprint density at radius 2 is 1.25 bits per heavy atom. The maximum Gasteiger partial charge on any atom is 2.00 e. The Labute approximate surface area is 84.7 Å². The molecule has 46 valence electrons. The summed E-state index contributed by atoms with van der Waals surface area (Å²) in [5.74, 6) is 0. The van der Waals surface area contributed by atoms with Gasteiger partial charge in [0.2, 0.25) is 0 Å². The van der Waals surface area contributed by atoms with E-state index in [0.29, 0.717) is 0 Å². The van der Waals surface area contributed by atoms with Gasteiger partial charge < -0.3 is 4.74 Å². The third kappa shape index (κ3) is 7.35. The molecule has 0 aromatic heterocycles. The molecule has 0 atom stereocenters. The molecule has 0 bridgehead atoms. The van der Waals surface area contributed by atoms with Crippen LogP contribution in [-0.2, 0) is 4.74 Å². The maximum absolute atomic E-state index is 4.94. The summed E-state index contributed by atoms with van der Waals surface area (Å²) in [4.78, 5) is 0. The van der Waals surface area contributed by atoms with E-state index in [9.17, 15) is 0 Å². The quantitative estimate of drug-likeness (QED) is 0.340. The standard InChI is InChI=1S/C4H8O.2BH4.Ca/c1-2-4-5-3-1;;;/h1-4H2;2*1H4;/q;2*-1;+2. The second-order valence-corrected chi connectivity index (χ2v) is 1.32. The molecule has 0 aliphatic carbocycles. The topological polar surface area (TPSA) is 9.23 Å². The summed E-state index contributed by atoms with van der Waals surface area (Å²) in [5.41, 5.74) is 0. The van der Waals surface area contributed by atoms with E-state index in [1.807, 2.05) is 0 Å². The minimum Gasteiger partial charge on any atom is -0.381 e. The summed E-state index contributed by atoms with van der Waals surface area (Å²) in [6.45, 7) is 2.00. The molecule has 0 aromatic carbocycles. The van der Waals surface area contributed by atoms with Crippen LogP contribution in [0.15, 0.2) is 0 Å². The summed E-state index contributed by atoms with van der Waals surface area (Å²) in [6.07, 6.45) is 2.56. The predicted molar refractivity (Wildman–Crippen MR) is 48.5 cm³/mol. The van der Waals surface area contributed by atoms with Gasteiger partial charge in [0.25, 0.3) is 0 Å². The third-order valence-corrected chi connectivity index (χ3v) is 0.827. The predicted octanol–water partition coefficient (Wildman–Crippen LogP) is -2.49. The van der Waals surface area contributed by atoms with Crippen molar-refractivity contribution in [2.24, 2.45) is 0 Å². The van der Waals surface area contributed by atoms with Crippen LogP contribution in [0.5, 0.6) is 0 Å². The fourth-order valence-corrected chi connectivity index (χ4v) is 0.510. The van der Waals surface area contributed by atoms with E-state index in [4.69, 9.17) is 4.74 Å². The minimum atomic E-state index is 0. The van der Waals surface area contributed by atoms with Gasteiger partial charge in [0.15, 0.2) is 0 Å². The molecule has 0 unspecified atom stereocenters. The van der Waals surface area contributed by atoms with E-state index >= 15 is 0 Å². The summed E-state index contributed by atoms with van der Waals surface area (Å²) in [6, 6.07) is 0. The van der Waals surface area contributed by atoms with Gasteiger partial charge in [-0.3, -0.25) is 0 Å². The van der Waals surface area contributed by atoms with Crippen molar-refractivity contribution in [1.29, 1.82) is 0 Å². The Morgan fingerprint density at radius 3 is 1.38 bits per heavy atom. The summed E-state index contributed by atoms with van der Waals surface area (Å²) in [7, 11) is 0. The zero-order valence-electron chi connectivity index (χ0n) is 3.94. The Balaban J connectivity index is -0.0000000833. The average Bonchev–Trinajstić information content (AvgIpc) is 1.76. The third-order valence-electron chi connectivity index (χ3n) is 0.827. The molecule has 0 spiro atoms. The first-order valence-corrected chi connectivity index (χ1v) is 2.08. The number of hydrogen-bond donors (Lipinski definition) is 0. The van der Waals surface area contributed by atoms with Crippen molar-refractivity contribution in [3.63, 3.8) is 0 Å². The summed E-state index contributed by atoms with van der Waals surface area (Å²) in [5, 5.41) is 0. The van der Waals surface area contributed by atoms with E-state index in [1.165, 1.54) is 12.8 Å². The second kappa shape index (κ2) is 11.2. The fourth-order valence-electron chi connectivity index (χ4n) is 0.510. The Hall–Kier alpha value is 1.35. The molecule has 1 aliphatic heterocycles. The molecule has 1 saturated heterocycles. The van der Waals surface area contributed by atoms with Crippen molar-refractivity contribution in [3.05, 3.63) is 0 Å². The average molecular weight is 142 g/mol. The first kappa shape index (κ1) is 16.2. The minimum absolute atomic E-state index is 0. The molecule has 0 N–H and O–H groups in total. The Morgan fingerprint density at radius 1 is 0.875 bits per heavy atom. The normalized spacial score (nSPS) is 15.0. The van der Waals surface area contributed by atoms with Crippen LogP contribution < -0.4 is 0 Å². The van der Waals surface area contributed by atoms with Crippen molar-refractivity contribution < 1.29 is 4.74 Å². The number of rotatable bonds is 0. The molecule has 0 amide bonds. The molecular weight excluding hydrogens is 126 g/mol. The van der Waals surface area contributed by atoms with E-state index in [-0.39, 0.29) is 54.6 Å². The molecule has 1 aliphatic rings. The van der Waals surface area contributed by atoms with Gasteiger partial charge in [-0.1, -0.05) is 16.8 Å². The van der Waals surface area contributed by atoms with Crippen molar-refractivity contribution in [2.45, 2.75) is 12.8 Å². The van der Waals surface area contributed by atoms with Gasteiger partial charge >= 0.3 is 37.7 Å². The van der Waals surface area contributed by atoms with E-state index < -0.39 is 0 Å². The van der Waals surface area contributed by atoms with Crippen LogP contribution in [0, 0.1) is 0 Å². The van der Waals surface area contributed by atoms with Crippen molar-refractivity contribution in [2.75, 3.05) is 13.2 Å². The van der Waals surface area contributed by atoms with Crippen molar-refractivity contribution in [3.8, 4) is 0 Å². The van der Waals surface area contributed by atoms with Crippen molar-refractivity contribution in [1.82, 2.24) is 0 Å². The molecule has 8 heavy (non-hydrogen) atoms. The fraction of sp³-hybridized carbons (Fsp3) is 1.00. The van der Waals surface area contributed by atoms with Gasteiger partial charge in [-0.05, 0) is 12.8 Å². The zero-order chi connectivity index (χ0) is 3.54. The van der Waals surface area contributed by atoms with Crippen LogP contribution in [0.2, 0.25) is 0 Å². The largest absolute Gasteiger partial charge is 2.00 e. The molecule has 0 radical (unpaired) electrons. The van der Waals surface area contributed by atoms with Crippen LogP contribution in [0.1, 0.15) is 12.8 Å². The number of ether oxygens (including phenoxy) is 1. The van der Waals surface area contributed by atoms with Gasteiger partial charge in [0.1, 0.15) is 0 Å². The second-order valence-electron chi connectivity index (χ2n) is 1.32. The molecule has 4 heteroatoms. The zero-order valence-corrected chi connectivity index (χ0v) is 6.15. The molecule has 1 heterocycles. The summed E-state index contributed by atoms with van der Waals surface area (Å²) < 4.78 is 4.94. The van der Waals surface area contributed by atoms with E-state index in [1.54, 1.807) is 0 Å². The number of hydrogen-bond acceptors (Lipinski definition) is 1. The molecule has 0 aromatic rings. The van der Waals surface area contributed by atoms with Crippen molar-refractivity contribution >= 4 is 54.6 Å². The van der Waals surface area contributed by atoms with Crippen LogP contribution in [0.4, 0.5) is 0 Å². The molecule has 1 fully saturated rings. The molecule has 1 rings (SSSR count). The first-order chi connectivity index (χ1) is 2.50. The monoisotopic (exact) mass is 142 g/mol. The first-order valence-electron chi connectivity index (χ1n) is 2.08. The molecular formula is C4H16B2CaO. The SMILES string of the molecule is C1CCOC1.[BH4-].[BH4-].[Ca+2]. The smallest absolute Gasteiger partial charge is 0.381 e. The molecule has 1 nitrogen and oxygen atoms in total. The van der Waals surface area contributed by atoms with Crippen LogP contribution >= 0.6 is 0 Å². The van der Waals surface area contributed by atoms with Crippen LogP contribution in [0.3, 0.4) is 0 Å². The van der Waals surface area contributed by atoms with Gasteiger partial charge in [0.05, 0.1) is 0 Å².